The van der Waals surface area contributed by atoms with Crippen LogP contribution in [0, 0.1) is 6.92 Å². The molecule has 0 radical (unpaired) electrons. The van der Waals surface area contributed by atoms with E-state index in [9.17, 15) is 23.4 Å². The zero-order valence-corrected chi connectivity index (χ0v) is 20.9. The van der Waals surface area contributed by atoms with Gasteiger partial charge in [0.15, 0.2) is 16.1 Å². The quantitative estimate of drug-likeness (QED) is 0.378. The fourth-order valence-corrected chi connectivity index (χ4v) is 5.09. The fourth-order valence-electron chi connectivity index (χ4n) is 3.59. The third-order valence-corrected chi connectivity index (χ3v) is 7.26. The average Bonchev–Trinajstić information content (AvgIpc) is 3.08. The molecule has 0 aliphatic carbocycles. The van der Waals surface area contributed by atoms with Gasteiger partial charge in [0, 0.05) is 18.1 Å². The van der Waals surface area contributed by atoms with E-state index in [1.165, 1.54) is 24.3 Å². The Labute approximate surface area is 203 Å². The maximum absolute atomic E-state index is 13.0. The Balaban J connectivity index is 1.78. The molecule has 184 valence electrons. The number of aliphatic hydroxyl groups is 2. The lowest BCUT2D eigenvalue weighted by atomic mass is 10.1. The number of halogens is 1. The summed E-state index contributed by atoms with van der Waals surface area (Å²) in [5.74, 6) is -1.03. The van der Waals surface area contributed by atoms with E-state index in [4.69, 9.17) is 16.3 Å². The maximum Gasteiger partial charge on any atom is 0.268 e. The molecule has 0 spiro atoms. The van der Waals surface area contributed by atoms with Crippen LogP contribution >= 0.6 is 11.6 Å². The minimum atomic E-state index is -3.80. The van der Waals surface area contributed by atoms with Gasteiger partial charge in [-0.15, -0.1) is 0 Å². The smallest absolute Gasteiger partial charge is 0.268 e. The molecule has 2 atom stereocenters. The van der Waals surface area contributed by atoms with Gasteiger partial charge in [-0.2, -0.15) is 0 Å². The summed E-state index contributed by atoms with van der Waals surface area (Å²) >= 11 is 6.29. The van der Waals surface area contributed by atoms with Gasteiger partial charge in [0.1, 0.15) is 17.1 Å². The number of amides is 1. The van der Waals surface area contributed by atoms with Crippen LogP contribution in [0.3, 0.4) is 0 Å². The summed E-state index contributed by atoms with van der Waals surface area (Å²) < 4.78 is 31.8. The average molecular weight is 510 g/mol. The number of aryl methyl sites for hydroxylation is 2. The first kappa shape index (κ1) is 26.1. The second-order valence-electron chi connectivity index (χ2n) is 8.27. The van der Waals surface area contributed by atoms with Gasteiger partial charge in [0.05, 0.1) is 28.7 Å². The molecular weight excluding hydrogens is 482 g/mol. The Hall–Kier alpha value is -2.50. The van der Waals surface area contributed by atoms with Crippen molar-refractivity contribution in [3.63, 3.8) is 0 Å². The predicted molar refractivity (Wildman–Crippen MR) is 128 cm³/mol. The Kier molecular flexibility index (Phi) is 7.99. The molecule has 0 aliphatic heterocycles. The van der Waals surface area contributed by atoms with Crippen molar-refractivity contribution < 1.29 is 28.2 Å². The lowest BCUT2D eigenvalue weighted by Gasteiger charge is -2.18. The van der Waals surface area contributed by atoms with Gasteiger partial charge in [0.2, 0.25) is 0 Å². The molecular formula is C23H28ClN3O6S. The summed E-state index contributed by atoms with van der Waals surface area (Å²) in [6, 6.07) is 8.32. The number of sulfone groups is 1. The monoisotopic (exact) mass is 509 g/mol. The van der Waals surface area contributed by atoms with Crippen molar-refractivity contribution in [1.82, 2.24) is 14.9 Å². The van der Waals surface area contributed by atoms with Crippen LogP contribution in [0.1, 0.15) is 41.6 Å². The number of nitrogens with one attached hydrogen (secondary N) is 1. The number of fused-ring (bicyclic) bond motifs is 1. The molecule has 1 aromatic carbocycles. The summed E-state index contributed by atoms with van der Waals surface area (Å²) in [5, 5.41) is 23.6. The van der Waals surface area contributed by atoms with Crippen LogP contribution in [-0.4, -0.2) is 58.8 Å². The largest absolute Gasteiger partial charge is 0.394 e. The minimum absolute atomic E-state index is 0.00422. The number of benzene rings is 1. The summed E-state index contributed by atoms with van der Waals surface area (Å²) in [7, 11) is -2.10. The number of ether oxygens (including phenoxy) is 1. The van der Waals surface area contributed by atoms with E-state index in [-0.39, 0.29) is 11.0 Å². The number of carbonyl (C=O) groups excluding carboxylic acids is 1. The summed E-state index contributed by atoms with van der Waals surface area (Å²) in [6.45, 7) is 4.79. The van der Waals surface area contributed by atoms with Gasteiger partial charge < -0.3 is 24.8 Å². The van der Waals surface area contributed by atoms with Crippen LogP contribution in [0.5, 0.6) is 0 Å². The minimum Gasteiger partial charge on any atom is -0.394 e. The maximum atomic E-state index is 13.0. The standard InChI is InChI=1S/C23H28ClN3O6S/c1-13(2)33-21(29)12-34(31,32)16-7-5-15(6-8-16)19(11-28)26-23(30)20-10-17-18(24)9-14(3)25-22(17)27(20)4/h5-10,13,19,21,28-29H,11-12H2,1-4H3,(H,26,30)/t19-,21?/m1/s1. The number of nitrogens with zero attached hydrogens (tertiary/aromatic N) is 2. The molecule has 11 heteroatoms. The number of pyridine rings is 1. The lowest BCUT2D eigenvalue weighted by Crippen LogP contribution is -2.32. The molecule has 0 bridgehead atoms. The van der Waals surface area contributed by atoms with Gasteiger partial charge in [-0.1, -0.05) is 23.7 Å². The first-order valence-electron chi connectivity index (χ1n) is 10.6. The number of carbonyl (C=O) groups is 1. The molecule has 3 aromatic rings. The zero-order chi connectivity index (χ0) is 25.2. The Morgan fingerprint density at radius 2 is 1.88 bits per heavy atom. The highest BCUT2D eigenvalue weighted by Crippen LogP contribution is 2.26. The van der Waals surface area contributed by atoms with Crippen LogP contribution in [-0.2, 0) is 21.6 Å². The zero-order valence-electron chi connectivity index (χ0n) is 19.3. The van der Waals surface area contributed by atoms with Gasteiger partial charge in [-0.05, 0) is 50.6 Å². The number of aliphatic hydroxyl groups excluding tert-OH is 2. The first-order chi connectivity index (χ1) is 15.9. The molecule has 0 saturated carbocycles. The van der Waals surface area contributed by atoms with E-state index in [0.717, 1.165) is 5.69 Å². The van der Waals surface area contributed by atoms with E-state index in [2.05, 4.69) is 10.3 Å². The van der Waals surface area contributed by atoms with Crippen LogP contribution in [0.25, 0.3) is 11.0 Å². The number of aromatic nitrogens is 2. The van der Waals surface area contributed by atoms with E-state index in [1.807, 2.05) is 6.92 Å². The summed E-state index contributed by atoms with van der Waals surface area (Å²) in [5.41, 5.74) is 2.11. The Bertz CT molecular complexity index is 1290. The molecule has 3 N–H and O–H groups in total. The molecule has 1 unspecified atom stereocenters. The van der Waals surface area contributed by atoms with Gasteiger partial charge in [-0.3, -0.25) is 4.79 Å². The molecule has 0 saturated heterocycles. The number of rotatable bonds is 9. The van der Waals surface area contributed by atoms with Gasteiger partial charge in [-0.25, -0.2) is 13.4 Å². The Morgan fingerprint density at radius 3 is 2.47 bits per heavy atom. The van der Waals surface area contributed by atoms with E-state index < -0.39 is 40.4 Å². The van der Waals surface area contributed by atoms with E-state index >= 15 is 0 Å². The molecule has 0 fully saturated rings. The van der Waals surface area contributed by atoms with Crippen molar-refractivity contribution in [1.29, 1.82) is 0 Å². The van der Waals surface area contributed by atoms with Crippen molar-refractivity contribution in [3.05, 3.63) is 58.4 Å². The summed E-state index contributed by atoms with van der Waals surface area (Å²) in [6.07, 6.45) is -1.76. The topological polar surface area (TPSA) is 131 Å². The van der Waals surface area contributed by atoms with E-state index in [1.54, 1.807) is 37.6 Å². The van der Waals surface area contributed by atoms with Gasteiger partial charge >= 0.3 is 0 Å². The van der Waals surface area contributed by atoms with Gasteiger partial charge in [0.25, 0.3) is 5.91 Å². The highest BCUT2D eigenvalue weighted by atomic mass is 35.5. The van der Waals surface area contributed by atoms with Crippen molar-refractivity contribution >= 4 is 38.4 Å². The SMILES string of the molecule is Cc1cc(Cl)c2cc(C(=O)N[C@H](CO)c3ccc(S(=O)(=O)CC(O)OC(C)C)cc3)n(C)c2n1. The van der Waals surface area contributed by atoms with Crippen molar-refractivity contribution in [2.75, 3.05) is 12.4 Å². The van der Waals surface area contributed by atoms with Crippen molar-refractivity contribution in [3.8, 4) is 0 Å². The number of hydrogen-bond donors (Lipinski definition) is 3. The lowest BCUT2D eigenvalue weighted by molar-refractivity contribution is -0.109. The highest BCUT2D eigenvalue weighted by Gasteiger charge is 2.23. The second-order valence-corrected chi connectivity index (χ2v) is 10.7. The first-order valence-corrected chi connectivity index (χ1v) is 12.7. The molecule has 2 aromatic heterocycles. The van der Waals surface area contributed by atoms with Crippen LogP contribution in [0.15, 0.2) is 41.3 Å². The molecule has 1 amide bonds. The van der Waals surface area contributed by atoms with Crippen LogP contribution in [0.4, 0.5) is 0 Å². The normalized spacial score (nSPS) is 13.9. The third-order valence-electron chi connectivity index (χ3n) is 5.23. The van der Waals surface area contributed by atoms with Crippen molar-refractivity contribution in [2.45, 2.75) is 44.1 Å². The molecule has 0 aliphatic rings. The van der Waals surface area contributed by atoms with E-state index in [0.29, 0.717) is 27.3 Å². The van der Waals surface area contributed by atoms with Crippen molar-refractivity contribution in [2.24, 2.45) is 7.05 Å². The highest BCUT2D eigenvalue weighted by molar-refractivity contribution is 7.91. The van der Waals surface area contributed by atoms with Crippen LogP contribution in [0.2, 0.25) is 5.02 Å². The van der Waals surface area contributed by atoms with Crippen LogP contribution < -0.4 is 5.32 Å². The molecule has 2 heterocycles. The summed E-state index contributed by atoms with van der Waals surface area (Å²) in [4.78, 5) is 17.4. The number of hydrogen-bond acceptors (Lipinski definition) is 7. The fraction of sp³-hybridized carbons (Fsp3) is 0.391. The molecule has 9 nitrogen and oxygen atoms in total. The Morgan fingerprint density at radius 1 is 1.24 bits per heavy atom. The molecule has 3 rings (SSSR count). The predicted octanol–water partition coefficient (Wildman–Crippen LogP) is 2.52. The second kappa shape index (κ2) is 10.4. The third kappa shape index (κ3) is 5.76. The molecule has 34 heavy (non-hydrogen) atoms.